The molecule has 0 amide bonds. The normalized spacial score (nSPS) is 15.5. The molecule has 4 heteroatoms. The third kappa shape index (κ3) is 8.36. The fraction of sp³-hybridized carbons (Fsp3) is 0.536. The van der Waals surface area contributed by atoms with Crippen LogP contribution in [-0.2, 0) is 6.42 Å². The van der Waals surface area contributed by atoms with Gasteiger partial charge in [0, 0.05) is 6.54 Å². The Hall–Kier alpha value is -2.25. The van der Waals surface area contributed by atoms with Crippen molar-refractivity contribution in [1.29, 1.82) is 5.26 Å². The molecule has 0 radical (unpaired) electrons. The van der Waals surface area contributed by atoms with Crippen LogP contribution < -0.4 is 0 Å². The zero-order valence-corrected chi connectivity index (χ0v) is 20.1. The molecule has 0 bridgehead atoms. The molecule has 1 heterocycles. The van der Waals surface area contributed by atoms with Gasteiger partial charge in [-0.2, -0.15) is 5.26 Å². The largest absolute Gasteiger partial charge is 0.302 e. The van der Waals surface area contributed by atoms with Crippen molar-refractivity contribution in [3.63, 3.8) is 0 Å². The molecule has 1 fully saturated rings. The van der Waals surface area contributed by atoms with E-state index in [4.69, 9.17) is 0 Å². The van der Waals surface area contributed by atoms with Gasteiger partial charge in [0.1, 0.15) is 11.6 Å². The number of aryl methyl sites for hydroxylation is 3. The smallest absolute Gasteiger partial charge is 0.126 e. The van der Waals surface area contributed by atoms with Crippen molar-refractivity contribution < 1.29 is 8.78 Å². The van der Waals surface area contributed by atoms with E-state index in [9.17, 15) is 14.0 Å². The van der Waals surface area contributed by atoms with Gasteiger partial charge in [-0.15, -0.1) is 0 Å². The minimum absolute atomic E-state index is 0.0961. The van der Waals surface area contributed by atoms with Crippen LogP contribution in [0.5, 0.6) is 0 Å². The lowest BCUT2D eigenvalue weighted by atomic mass is 9.88. The van der Waals surface area contributed by atoms with Crippen molar-refractivity contribution in [1.82, 2.24) is 4.90 Å². The van der Waals surface area contributed by atoms with Crippen molar-refractivity contribution in [3.05, 3.63) is 70.3 Å². The molecule has 0 N–H and O–H groups in total. The first-order chi connectivity index (χ1) is 15.3. The maximum absolute atomic E-state index is 13.6. The number of halogens is 2. The fourth-order valence-electron chi connectivity index (χ4n) is 4.30. The van der Waals surface area contributed by atoms with Crippen molar-refractivity contribution in [2.24, 2.45) is 5.92 Å². The summed E-state index contributed by atoms with van der Waals surface area (Å²) in [5.41, 5.74) is 4.07. The number of nitrogens with zero attached hydrogens (tertiary/aromatic N) is 2. The van der Waals surface area contributed by atoms with Gasteiger partial charge in [0.05, 0.1) is 12.0 Å². The van der Waals surface area contributed by atoms with Gasteiger partial charge in [0.25, 0.3) is 0 Å². The van der Waals surface area contributed by atoms with E-state index in [2.05, 4.69) is 24.8 Å². The van der Waals surface area contributed by atoms with Crippen molar-refractivity contribution in [2.75, 3.05) is 19.6 Å². The highest BCUT2D eigenvalue weighted by atomic mass is 19.1. The highest BCUT2D eigenvalue weighted by Crippen LogP contribution is 2.28. The molecule has 1 saturated heterocycles. The third-order valence-electron chi connectivity index (χ3n) is 6.29. The second-order valence-electron chi connectivity index (χ2n) is 9.16. The minimum atomic E-state index is -0.152. The lowest BCUT2D eigenvalue weighted by Gasteiger charge is -2.21. The molecule has 2 nitrogen and oxygen atoms in total. The Bertz CT molecular complexity index is 881. The number of rotatable bonds is 8. The number of hydrogen-bond donors (Lipinski definition) is 0. The summed E-state index contributed by atoms with van der Waals surface area (Å²) in [6.45, 7) is 11.1. The maximum atomic E-state index is 13.6. The molecule has 174 valence electrons. The van der Waals surface area contributed by atoms with Gasteiger partial charge in [-0.05, 0) is 105 Å². The molecule has 2 aromatic rings. The number of benzene rings is 2. The Morgan fingerprint density at radius 3 is 2.34 bits per heavy atom. The van der Waals surface area contributed by atoms with Gasteiger partial charge in [0.2, 0.25) is 0 Å². The lowest BCUT2D eigenvalue weighted by molar-refractivity contribution is 0.294. The predicted molar refractivity (Wildman–Crippen MR) is 129 cm³/mol. The van der Waals surface area contributed by atoms with Crippen LogP contribution in [0.4, 0.5) is 8.78 Å². The summed E-state index contributed by atoms with van der Waals surface area (Å²) in [6.07, 6.45) is 6.44. The molecule has 0 spiro atoms. The molecular formula is C28H38F2N2. The Kier molecular flexibility index (Phi) is 10.8. The molecule has 0 saturated carbocycles. The Morgan fingerprint density at radius 1 is 1.03 bits per heavy atom. The molecule has 32 heavy (non-hydrogen) atoms. The van der Waals surface area contributed by atoms with E-state index >= 15 is 0 Å². The number of hydrogen-bond acceptors (Lipinski definition) is 2. The fourth-order valence-corrected chi connectivity index (χ4v) is 4.30. The van der Waals surface area contributed by atoms with Gasteiger partial charge < -0.3 is 4.90 Å². The summed E-state index contributed by atoms with van der Waals surface area (Å²) in [6, 6.07) is 12.9. The average molecular weight is 441 g/mol. The van der Waals surface area contributed by atoms with Crippen LogP contribution in [-0.4, -0.2) is 24.5 Å². The number of likely N-dealkylation sites (tertiary alicyclic amines) is 1. The van der Waals surface area contributed by atoms with Crippen LogP contribution in [0, 0.1) is 42.7 Å². The summed E-state index contributed by atoms with van der Waals surface area (Å²) in [5.74, 6) is 0.135. The van der Waals surface area contributed by atoms with Crippen LogP contribution >= 0.6 is 0 Å². The highest BCUT2D eigenvalue weighted by Gasteiger charge is 2.19. The quantitative estimate of drug-likeness (QED) is 0.429. The summed E-state index contributed by atoms with van der Waals surface area (Å²) < 4.78 is 26.2. The molecule has 1 aliphatic rings. The molecule has 2 unspecified atom stereocenters. The summed E-state index contributed by atoms with van der Waals surface area (Å²) in [5, 5.41) is 9.42. The van der Waals surface area contributed by atoms with E-state index in [1.165, 1.54) is 24.5 Å². The monoisotopic (exact) mass is 440 g/mol. The molecule has 0 aliphatic carbocycles. The minimum Gasteiger partial charge on any atom is -0.302 e. The van der Waals surface area contributed by atoms with Crippen molar-refractivity contribution in [3.8, 4) is 6.07 Å². The van der Waals surface area contributed by atoms with Gasteiger partial charge in [0.15, 0.2) is 0 Å². The summed E-state index contributed by atoms with van der Waals surface area (Å²) >= 11 is 0. The van der Waals surface area contributed by atoms with Crippen LogP contribution in [0.25, 0.3) is 0 Å². The average Bonchev–Trinajstić information content (AvgIpc) is 3.28. The van der Waals surface area contributed by atoms with Gasteiger partial charge in [-0.3, -0.25) is 0 Å². The van der Waals surface area contributed by atoms with Crippen LogP contribution in [0.1, 0.15) is 74.1 Å². The second-order valence-corrected chi connectivity index (χ2v) is 9.16. The molecule has 3 rings (SSSR count). The van der Waals surface area contributed by atoms with Gasteiger partial charge in [-0.25, -0.2) is 8.78 Å². The second kappa shape index (κ2) is 13.3. The van der Waals surface area contributed by atoms with Crippen molar-refractivity contribution >= 4 is 0 Å². The Balaban J connectivity index is 0.000000336. The van der Waals surface area contributed by atoms with Crippen LogP contribution in [0.15, 0.2) is 36.4 Å². The van der Waals surface area contributed by atoms with Gasteiger partial charge >= 0.3 is 0 Å². The van der Waals surface area contributed by atoms with Crippen LogP contribution in [0.2, 0.25) is 0 Å². The molecule has 1 aliphatic heterocycles. The number of nitriles is 1. The SMILES string of the molecule is CCCc1ccc(F)cc1C(C)CCC(C#N)CN1CCCC1.Cc1ccc(C)c(F)c1. The zero-order chi connectivity index (χ0) is 23.5. The van der Waals surface area contributed by atoms with Crippen molar-refractivity contribution in [2.45, 2.75) is 72.1 Å². The lowest BCUT2D eigenvalue weighted by Crippen LogP contribution is -2.26. The first kappa shape index (κ1) is 26.0. The topological polar surface area (TPSA) is 27.0 Å². The Labute approximate surface area is 193 Å². The molecule has 0 aromatic heterocycles. The zero-order valence-electron chi connectivity index (χ0n) is 20.1. The highest BCUT2D eigenvalue weighted by molar-refractivity contribution is 5.31. The van der Waals surface area contributed by atoms with E-state index in [1.54, 1.807) is 25.1 Å². The Morgan fingerprint density at radius 2 is 1.75 bits per heavy atom. The first-order valence-corrected chi connectivity index (χ1v) is 12.0. The standard InChI is InChI=1S/C20H29FN2.C8H9F/c1-3-6-18-9-10-19(21)13-20(18)16(2)7-8-17(14-22)15-23-11-4-5-12-23;1-6-3-4-7(2)8(9)5-6/h9-10,13,16-17H,3-8,11-12,15H2,1-2H3;3-5H,1-2H3. The van der Waals surface area contributed by atoms with E-state index in [0.29, 0.717) is 11.5 Å². The summed E-state index contributed by atoms with van der Waals surface area (Å²) in [4.78, 5) is 2.41. The maximum Gasteiger partial charge on any atom is 0.126 e. The third-order valence-corrected chi connectivity index (χ3v) is 6.29. The van der Waals surface area contributed by atoms with E-state index in [1.807, 2.05) is 19.1 Å². The van der Waals surface area contributed by atoms with Crippen LogP contribution in [0.3, 0.4) is 0 Å². The van der Waals surface area contributed by atoms with E-state index in [-0.39, 0.29) is 17.6 Å². The first-order valence-electron chi connectivity index (χ1n) is 12.0. The van der Waals surface area contributed by atoms with E-state index in [0.717, 1.165) is 56.4 Å². The van der Waals surface area contributed by atoms with E-state index < -0.39 is 0 Å². The molecular weight excluding hydrogens is 402 g/mol. The summed E-state index contributed by atoms with van der Waals surface area (Å²) in [7, 11) is 0. The predicted octanol–water partition coefficient (Wildman–Crippen LogP) is 7.34. The molecule has 2 aromatic carbocycles. The molecule has 2 atom stereocenters. The van der Waals surface area contributed by atoms with Gasteiger partial charge in [-0.1, -0.05) is 38.5 Å².